The second kappa shape index (κ2) is 6.59. The van der Waals surface area contributed by atoms with Crippen molar-refractivity contribution in [3.63, 3.8) is 0 Å². The molecule has 4 nitrogen and oxygen atoms in total. The van der Waals surface area contributed by atoms with Crippen molar-refractivity contribution < 1.29 is 4.74 Å². The second-order valence-corrected chi connectivity index (χ2v) is 6.06. The lowest BCUT2D eigenvalue weighted by Crippen LogP contribution is -2.46. The Labute approximate surface area is 126 Å². The Morgan fingerprint density at radius 3 is 2.60 bits per heavy atom. The number of hydrogen-bond donors (Lipinski definition) is 1. The fourth-order valence-corrected chi connectivity index (χ4v) is 3.34. The Kier molecular flexibility index (Phi) is 4.58. The van der Waals surface area contributed by atoms with E-state index in [-0.39, 0.29) is 0 Å². The number of thiocarbonyl (C=S) groups is 1. The Balaban J connectivity index is 1.42. The van der Waals surface area contributed by atoms with Crippen LogP contribution in [-0.2, 0) is 4.74 Å². The molecule has 1 atom stereocenters. The molecule has 3 heterocycles. The van der Waals surface area contributed by atoms with Crippen molar-refractivity contribution in [3.8, 4) is 0 Å². The number of hydrogen-bond acceptors (Lipinski definition) is 2. The van der Waals surface area contributed by atoms with Crippen LogP contribution in [0.15, 0.2) is 24.5 Å². The lowest BCUT2D eigenvalue weighted by Gasteiger charge is -2.34. The van der Waals surface area contributed by atoms with E-state index in [9.17, 15) is 0 Å². The monoisotopic (exact) mass is 293 g/mol. The summed E-state index contributed by atoms with van der Waals surface area (Å²) in [6.45, 7) is 3.85. The van der Waals surface area contributed by atoms with Crippen LogP contribution in [0.1, 0.15) is 31.7 Å². The maximum absolute atomic E-state index is 5.61. The molecule has 2 saturated heterocycles. The van der Waals surface area contributed by atoms with Crippen LogP contribution >= 0.6 is 12.2 Å². The van der Waals surface area contributed by atoms with Crippen molar-refractivity contribution in [1.29, 1.82) is 0 Å². The van der Waals surface area contributed by atoms with E-state index in [2.05, 4.69) is 39.3 Å². The standard InChI is InChI=1S/C15H23N3OS/c20-15(16-12-14-4-3-11-19-14)18-9-5-13(6-10-18)17-7-1-2-8-17/h1-2,7-8,13-14H,3-6,9-12H2,(H,16,20). The van der Waals surface area contributed by atoms with Crippen LogP contribution < -0.4 is 5.32 Å². The molecule has 1 aromatic heterocycles. The quantitative estimate of drug-likeness (QED) is 0.865. The number of rotatable bonds is 3. The van der Waals surface area contributed by atoms with E-state index < -0.39 is 0 Å². The molecule has 0 aliphatic carbocycles. The van der Waals surface area contributed by atoms with E-state index in [0.717, 1.165) is 50.6 Å². The van der Waals surface area contributed by atoms with Crippen LogP contribution in [0.3, 0.4) is 0 Å². The molecule has 1 N–H and O–H groups in total. The summed E-state index contributed by atoms with van der Waals surface area (Å²) < 4.78 is 7.93. The molecule has 0 spiro atoms. The fourth-order valence-electron chi connectivity index (χ4n) is 3.08. The summed E-state index contributed by atoms with van der Waals surface area (Å²) in [6, 6.07) is 4.82. The van der Waals surface area contributed by atoms with Gasteiger partial charge < -0.3 is 19.5 Å². The van der Waals surface area contributed by atoms with Crippen molar-refractivity contribution in [2.24, 2.45) is 0 Å². The molecule has 2 aliphatic rings. The van der Waals surface area contributed by atoms with Crippen molar-refractivity contribution >= 4 is 17.3 Å². The zero-order chi connectivity index (χ0) is 13.8. The van der Waals surface area contributed by atoms with Gasteiger partial charge in [-0.1, -0.05) is 0 Å². The first-order valence-corrected chi connectivity index (χ1v) is 8.00. The van der Waals surface area contributed by atoms with Crippen LogP contribution in [0.2, 0.25) is 0 Å². The van der Waals surface area contributed by atoms with Gasteiger partial charge in [-0.15, -0.1) is 0 Å². The highest BCUT2D eigenvalue weighted by Gasteiger charge is 2.22. The summed E-state index contributed by atoms with van der Waals surface area (Å²) in [6.07, 6.45) is 9.34. The highest BCUT2D eigenvalue weighted by Crippen LogP contribution is 2.22. The van der Waals surface area contributed by atoms with Gasteiger partial charge in [0.15, 0.2) is 5.11 Å². The minimum Gasteiger partial charge on any atom is -0.376 e. The number of ether oxygens (including phenoxy) is 1. The van der Waals surface area contributed by atoms with E-state index in [4.69, 9.17) is 17.0 Å². The normalized spacial score (nSPS) is 24.0. The van der Waals surface area contributed by atoms with E-state index >= 15 is 0 Å². The van der Waals surface area contributed by atoms with Gasteiger partial charge in [-0.2, -0.15) is 0 Å². The minimum absolute atomic E-state index is 0.352. The predicted octanol–water partition coefficient (Wildman–Crippen LogP) is 2.18. The summed E-state index contributed by atoms with van der Waals surface area (Å²) in [5.74, 6) is 0. The molecule has 0 amide bonds. The third-order valence-corrected chi connectivity index (χ3v) is 4.71. The molecule has 2 aliphatic heterocycles. The third kappa shape index (κ3) is 3.33. The topological polar surface area (TPSA) is 29.4 Å². The summed E-state index contributed by atoms with van der Waals surface area (Å²) in [4.78, 5) is 2.30. The van der Waals surface area contributed by atoms with Gasteiger partial charge in [-0.05, 0) is 50.0 Å². The van der Waals surface area contributed by atoms with Crippen molar-refractivity contribution in [1.82, 2.24) is 14.8 Å². The number of nitrogens with one attached hydrogen (secondary N) is 1. The zero-order valence-corrected chi connectivity index (χ0v) is 12.6. The van der Waals surface area contributed by atoms with Crippen LogP contribution in [-0.4, -0.2) is 46.9 Å². The van der Waals surface area contributed by atoms with E-state index in [1.807, 2.05) is 0 Å². The largest absolute Gasteiger partial charge is 0.376 e. The second-order valence-electron chi connectivity index (χ2n) is 5.67. The van der Waals surface area contributed by atoms with Gasteiger partial charge in [-0.3, -0.25) is 0 Å². The third-order valence-electron chi connectivity index (χ3n) is 4.31. The Morgan fingerprint density at radius 1 is 1.20 bits per heavy atom. The Hall–Kier alpha value is -1.07. The number of nitrogens with zero attached hydrogens (tertiary/aromatic N) is 2. The first kappa shape index (κ1) is 13.9. The van der Waals surface area contributed by atoms with E-state index in [1.54, 1.807) is 0 Å². The molecule has 110 valence electrons. The van der Waals surface area contributed by atoms with Crippen LogP contribution in [0.5, 0.6) is 0 Å². The average Bonchev–Trinajstić information content (AvgIpc) is 3.18. The van der Waals surface area contributed by atoms with Crippen molar-refractivity contribution in [3.05, 3.63) is 24.5 Å². The van der Waals surface area contributed by atoms with Gasteiger partial charge in [0.1, 0.15) is 0 Å². The highest BCUT2D eigenvalue weighted by molar-refractivity contribution is 7.80. The molecule has 3 rings (SSSR count). The smallest absolute Gasteiger partial charge is 0.169 e. The molecule has 1 unspecified atom stereocenters. The maximum Gasteiger partial charge on any atom is 0.169 e. The zero-order valence-electron chi connectivity index (χ0n) is 11.8. The first-order valence-electron chi connectivity index (χ1n) is 7.60. The van der Waals surface area contributed by atoms with E-state index in [1.165, 1.54) is 6.42 Å². The Bertz CT molecular complexity index is 420. The van der Waals surface area contributed by atoms with Gasteiger partial charge >= 0.3 is 0 Å². The van der Waals surface area contributed by atoms with Gasteiger partial charge in [0.2, 0.25) is 0 Å². The van der Waals surface area contributed by atoms with Crippen LogP contribution in [0, 0.1) is 0 Å². The molecule has 0 aromatic carbocycles. The SMILES string of the molecule is S=C(NCC1CCCO1)N1CCC(n2cccc2)CC1. The number of likely N-dealkylation sites (tertiary alicyclic amines) is 1. The molecule has 0 bridgehead atoms. The molecular formula is C15H23N3OS. The van der Waals surface area contributed by atoms with Crippen molar-refractivity contribution in [2.45, 2.75) is 37.8 Å². The molecule has 1 aromatic rings. The predicted molar refractivity (Wildman–Crippen MR) is 83.9 cm³/mol. The van der Waals surface area contributed by atoms with Gasteiger partial charge in [0.05, 0.1) is 6.10 Å². The molecule has 0 radical (unpaired) electrons. The van der Waals surface area contributed by atoms with Gasteiger partial charge in [0.25, 0.3) is 0 Å². The Morgan fingerprint density at radius 2 is 1.95 bits per heavy atom. The maximum atomic E-state index is 5.61. The molecule has 20 heavy (non-hydrogen) atoms. The highest BCUT2D eigenvalue weighted by atomic mass is 32.1. The minimum atomic E-state index is 0.352. The van der Waals surface area contributed by atoms with Gasteiger partial charge in [0, 0.05) is 44.7 Å². The summed E-state index contributed by atoms with van der Waals surface area (Å²) in [7, 11) is 0. The molecule has 5 heteroatoms. The number of piperidine rings is 1. The van der Waals surface area contributed by atoms with Crippen LogP contribution in [0.4, 0.5) is 0 Å². The fraction of sp³-hybridized carbons (Fsp3) is 0.667. The summed E-state index contributed by atoms with van der Waals surface area (Å²) >= 11 is 5.50. The lowest BCUT2D eigenvalue weighted by atomic mass is 10.1. The summed E-state index contributed by atoms with van der Waals surface area (Å²) in [5, 5.41) is 4.26. The lowest BCUT2D eigenvalue weighted by molar-refractivity contribution is 0.113. The van der Waals surface area contributed by atoms with Gasteiger partial charge in [-0.25, -0.2) is 0 Å². The van der Waals surface area contributed by atoms with Crippen molar-refractivity contribution in [2.75, 3.05) is 26.2 Å². The number of aromatic nitrogens is 1. The molecule has 2 fully saturated rings. The first-order chi connectivity index (χ1) is 9.83. The molecular weight excluding hydrogens is 270 g/mol. The summed E-state index contributed by atoms with van der Waals surface area (Å²) in [5.41, 5.74) is 0. The van der Waals surface area contributed by atoms with E-state index in [0.29, 0.717) is 12.1 Å². The molecule has 0 saturated carbocycles. The van der Waals surface area contributed by atoms with Crippen LogP contribution in [0.25, 0.3) is 0 Å². The average molecular weight is 293 g/mol.